The fourth-order valence-electron chi connectivity index (χ4n) is 1.95. The highest BCUT2D eigenvalue weighted by Gasteiger charge is 1.90. The van der Waals surface area contributed by atoms with E-state index < -0.39 is 0 Å². The molecular weight excluding hydrogens is 204 g/mol. The predicted octanol–water partition coefficient (Wildman–Crippen LogP) is 6.24. The van der Waals surface area contributed by atoms with Crippen LogP contribution in [0.25, 0.3) is 0 Å². The Morgan fingerprint density at radius 1 is 0.588 bits per heavy atom. The van der Waals surface area contributed by atoms with E-state index in [0.29, 0.717) is 0 Å². The fourth-order valence-corrected chi connectivity index (χ4v) is 1.95. The fraction of sp³-hybridized carbons (Fsp3) is 0.706. The maximum atomic E-state index is 3.87. The third-order valence-electron chi connectivity index (χ3n) is 3.07. The highest BCUT2D eigenvalue weighted by atomic mass is 14.0. The Bertz CT molecular complexity index is 167. The summed E-state index contributed by atoms with van der Waals surface area (Å²) >= 11 is 0. The first kappa shape index (κ1) is 16.5. The van der Waals surface area contributed by atoms with Gasteiger partial charge in [-0.15, -0.1) is 6.58 Å². The van der Waals surface area contributed by atoms with E-state index in [0.717, 1.165) is 19.3 Å². The van der Waals surface area contributed by atoms with Crippen molar-refractivity contribution in [3.8, 4) is 0 Å². The molecule has 0 saturated heterocycles. The van der Waals surface area contributed by atoms with Crippen molar-refractivity contribution >= 4 is 0 Å². The number of hydrogen-bond acceptors (Lipinski definition) is 0. The van der Waals surface area contributed by atoms with E-state index >= 15 is 0 Å². The van der Waals surface area contributed by atoms with Crippen LogP contribution < -0.4 is 0 Å². The lowest BCUT2D eigenvalue weighted by Gasteiger charge is -2.00. The summed E-state index contributed by atoms with van der Waals surface area (Å²) in [6.45, 7) is 7.59. The van der Waals surface area contributed by atoms with Gasteiger partial charge in [-0.05, 0) is 25.7 Å². The molecular formula is C17H31. The van der Waals surface area contributed by atoms with Crippen LogP contribution in [0.2, 0.25) is 0 Å². The monoisotopic (exact) mass is 235 g/mol. The molecule has 0 spiro atoms. The largest absolute Gasteiger partial charge is 0.103 e. The Labute approximate surface area is 109 Å². The number of hydrogen-bond donors (Lipinski definition) is 0. The average molecular weight is 235 g/mol. The molecule has 0 N–H and O–H groups in total. The quantitative estimate of drug-likeness (QED) is 0.262. The zero-order chi connectivity index (χ0) is 12.6. The molecule has 0 aliphatic rings. The summed E-state index contributed by atoms with van der Waals surface area (Å²) in [5.41, 5.74) is 0. The van der Waals surface area contributed by atoms with Crippen LogP contribution >= 0.6 is 0 Å². The molecule has 0 saturated carbocycles. The van der Waals surface area contributed by atoms with Gasteiger partial charge in [-0.2, -0.15) is 0 Å². The third-order valence-corrected chi connectivity index (χ3v) is 3.07. The van der Waals surface area contributed by atoms with Crippen molar-refractivity contribution in [3.05, 3.63) is 31.7 Å². The summed E-state index contributed by atoms with van der Waals surface area (Å²) in [5, 5.41) is 0. The Balaban J connectivity index is 2.98. The topological polar surface area (TPSA) is 0 Å². The molecule has 0 fully saturated rings. The Hall–Kier alpha value is -0.520. The first-order valence-electron chi connectivity index (χ1n) is 7.47. The summed E-state index contributed by atoms with van der Waals surface area (Å²) in [5.74, 6) is 0. The minimum absolute atomic E-state index is 1.11. The van der Waals surface area contributed by atoms with Crippen LogP contribution in [0.15, 0.2) is 24.8 Å². The minimum Gasteiger partial charge on any atom is -0.103 e. The van der Waals surface area contributed by atoms with E-state index in [4.69, 9.17) is 0 Å². The normalized spacial score (nSPS) is 11.1. The Morgan fingerprint density at radius 3 is 1.71 bits per heavy atom. The van der Waals surface area contributed by atoms with Gasteiger partial charge in [0, 0.05) is 0 Å². The van der Waals surface area contributed by atoms with Crippen molar-refractivity contribution < 1.29 is 0 Å². The molecule has 0 aliphatic carbocycles. The van der Waals surface area contributed by atoms with Crippen molar-refractivity contribution in [2.75, 3.05) is 0 Å². The van der Waals surface area contributed by atoms with Crippen LogP contribution in [-0.4, -0.2) is 0 Å². The van der Waals surface area contributed by atoms with Crippen LogP contribution in [-0.2, 0) is 0 Å². The van der Waals surface area contributed by atoms with Crippen LogP contribution in [0.4, 0.5) is 0 Å². The third kappa shape index (κ3) is 15.5. The maximum Gasteiger partial charge on any atom is -0.0316 e. The van der Waals surface area contributed by atoms with Gasteiger partial charge in [0.1, 0.15) is 0 Å². The maximum absolute atomic E-state index is 3.87. The summed E-state index contributed by atoms with van der Waals surface area (Å²) in [7, 11) is 0. The molecule has 0 bridgehead atoms. The van der Waals surface area contributed by atoms with Crippen molar-refractivity contribution in [2.45, 2.75) is 77.0 Å². The van der Waals surface area contributed by atoms with E-state index in [1.54, 1.807) is 0 Å². The minimum atomic E-state index is 1.11. The SMILES string of the molecule is [CH2]CCCCCCCCCC/C=C/CCC=C. The second kappa shape index (κ2) is 15.5. The van der Waals surface area contributed by atoms with E-state index in [2.05, 4.69) is 25.7 Å². The molecule has 0 aliphatic heterocycles. The lowest BCUT2D eigenvalue weighted by atomic mass is 10.1. The molecule has 0 aromatic rings. The highest BCUT2D eigenvalue weighted by molar-refractivity contribution is 4.84. The second-order valence-corrected chi connectivity index (χ2v) is 4.81. The highest BCUT2D eigenvalue weighted by Crippen LogP contribution is 2.10. The van der Waals surface area contributed by atoms with Gasteiger partial charge in [0.05, 0.1) is 0 Å². The lowest BCUT2D eigenvalue weighted by Crippen LogP contribution is -1.80. The Kier molecular flexibility index (Phi) is 15.0. The van der Waals surface area contributed by atoms with Crippen molar-refractivity contribution in [2.24, 2.45) is 0 Å². The molecule has 0 aromatic carbocycles. The van der Waals surface area contributed by atoms with Crippen molar-refractivity contribution in [1.82, 2.24) is 0 Å². The smallest absolute Gasteiger partial charge is 0.0316 e. The van der Waals surface area contributed by atoms with Gasteiger partial charge >= 0.3 is 0 Å². The zero-order valence-corrected chi connectivity index (χ0v) is 11.6. The first-order chi connectivity index (χ1) is 8.41. The summed E-state index contributed by atoms with van der Waals surface area (Å²) in [6.07, 6.45) is 22.4. The number of allylic oxidation sites excluding steroid dienone is 3. The summed E-state index contributed by atoms with van der Waals surface area (Å²) in [4.78, 5) is 0. The molecule has 0 aromatic heterocycles. The van der Waals surface area contributed by atoms with Gasteiger partial charge in [-0.3, -0.25) is 0 Å². The van der Waals surface area contributed by atoms with Gasteiger partial charge in [-0.25, -0.2) is 0 Å². The van der Waals surface area contributed by atoms with Gasteiger partial charge in [-0.1, -0.05) is 76.5 Å². The zero-order valence-electron chi connectivity index (χ0n) is 11.6. The molecule has 17 heavy (non-hydrogen) atoms. The van der Waals surface area contributed by atoms with Gasteiger partial charge in [0.2, 0.25) is 0 Å². The number of rotatable bonds is 13. The molecule has 0 nitrogen and oxygen atoms in total. The van der Waals surface area contributed by atoms with E-state index in [-0.39, 0.29) is 0 Å². The summed E-state index contributed by atoms with van der Waals surface area (Å²) < 4.78 is 0. The van der Waals surface area contributed by atoms with Gasteiger partial charge in [0.25, 0.3) is 0 Å². The van der Waals surface area contributed by atoms with Crippen LogP contribution in [0.5, 0.6) is 0 Å². The van der Waals surface area contributed by atoms with Crippen molar-refractivity contribution in [1.29, 1.82) is 0 Å². The molecule has 99 valence electrons. The molecule has 0 rings (SSSR count). The lowest BCUT2D eigenvalue weighted by molar-refractivity contribution is 0.571. The van der Waals surface area contributed by atoms with Crippen LogP contribution in [0, 0.1) is 6.92 Å². The first-order valence-corrected chi connectivity index (χ1v) is 7.47. The van der Waals surface area contributed by atoms with Crippen molar-refractivity contribution in [3.63, 3.8) is 0 Å². The second-order valence-electron chi connectivity index (χ2n) is 4.81. The number of unbranched alkanes of at least 4 members (excludes halogenated alkanes) is 10. The van der Waals surface area contributed by atoms with E-state index in [9.17, 15) is 0 Å². The van der Waals surface area contributed by atoms with E-state index in [1.165, 1.54) is 57.8 Å². The molecule has 1 radical (unpaired) electrons. The Morgan fingerprint density at radius 2 is 1.12 bits per heavy atom. The molecule has 0 atom stereocenters. The molecule has 0 amide bonds. The molecule has 0 heteroatoms. The summed E-state index contributed by atoms with van der Waals surface area (Å²) in [6, 6.07) is 0. The van der Waals surface area contributed by atoms with Crippen LogP contribution in [0.1, 0.15) is 77.0 Å². The molecule has 0 unspecified atom stereocenters. The standard InChI is InChI=1S/C17H31/c1-3-5-7-9-11-13-15-17-16-14-12-10-8-6-4-2/h3,9,11H,1-2,4-8,10,12-17H2/b11-9+. The van der Waals surface area contributed by atoms with Crippen LogP contribution in [0.3, 0.4) is 0 Å². The van der Waals surface area contributed by atoms with Gasteiger partial charge in [0.15, 0.2) is 0 Å². The average Bonchev–Trinajstić information content (AvgIpc) is 2.35. The van der Waals surface area contributed by atoms with Gasteiger partial charge < -0.3 is 0 Å². The van der Waals surface area contributed by atoms with E-state index in [1.807, 2.05) is 6.08 Å². The predicted molar refractivity (Wildman–Crippen MR) is 80.1 cm³/mol. The molecule has 0 heterocycles.